The van der Waals surface area contributed by atoms with Crippen LogP contribution < -0.4 is 5.32 Å². The smallest absolute Gasteiger partial charge is 0.305 e. The second kappa shape index (κ2) is 8.29. The van der Waals surface area contributed by atoms with Crippen molar-refractivity contribution >= 4 is 35.0 Å². The van der Waals surface area contributed by atoms with Crippen LogP contribution >= 0.6 is 11.8 Å². The van der Waals surface area contributed by atoms with E-state index in [1.807, 2.05) is 36.4 Å². The molecule has 1 unspecified atom stereocenters. The van der Waals surface area contributed by atoms with Gasteiger partial charge in [0.2, 0.25) is 5.91 Å². The highest BCUT2D eigenvalue weighted by molar-refractivity contribution is 8.15. The molecule has 0 aliphatic carbocycles. The molecule has 1 saturated heterocycles. The highest BCUT2D eigenvalue weighted by Crippen LogP contribution is 2.22. The molecule has 27 heavy (non-hydrogen) atoms. The molecule has 1 aliphatic rings. The van der Waals surface area contributed by atoms with E-state index < -0.39 is 11.2 Å². The standard InChI is InChI=1S/C19H14N4O3S/c20-10-12-1-5-14(6-2-12)15-7-3-13(4-8-15)11-21-23-19-22-18(26)16(27-19)9-17(24)25/h1-8,11,16H,9H2,(H,24,25)(H,22,23,26). The van der Waals surface area contributed by atoms with Crippen LogP contribution in [0.5, 0.6) is 0 Å². The summed E-state index contributed by atoms with van der Waals surface area (Å²) in [5.74, 6) is -1.40. The maximum atomic E-state index is 11.6. The molecule has 1 heterocycles. The summed E-state index contributed by atoms with van der Waals surface area (Å²) < 4.78 is 0. The molecule has 1 aliphatic heterocycles. The Morgan fingerprint density at radius 2 is 1.81 bits per heavy atom. The number of amidine groups is 1. The van der Waals surface area contributed by atoms with Gasteiger partial charge in [-0.25, -0.2) is 0 Å². The van der Waals surface area contributed by atoms with Gasteiger partial charge < -0.3 is 10.4 Å². The summed E-state index contributed by atoms with van der Waals surface area (Å²) >= 11 is 1.06. The van der Waals surface area contributed by atoms with Crippen molar-refractivity contribution in [1.29, 1.82) is 5.26 Å². The average molecular weight is 378 g/mol. The summed E-state index contributed by atoms with van der Waals surface area (Å²) in [7, 11) is 0. The van der Waals surface area contributed by atoms with E-state index in [1.165, 1.54) is 0 Å². The van der Waals surface area contributed by atoms with Crippen LogP contribution in [0.2, 0.25) is 0 Å². The molecule has 2 N–H and O–H groups in total. The Labute approximate surface area is 159 Å². The predicted octanol–water partition coefficient (Wildman–Crippen LogP) is 2.62. The van der Waals surface area contributed by atoms with Crippen molar-refractivity contribution in [3.8, 4) is 17.2 Å². The number of nitrogens with one attached hydrogen (secondary N) is 1. The van der Waals surface area contributed by atoms with E-state index in [4.69, 9.17) is 10.4 Å². The van der Waals surface area contributed by atoms with Gasteiger partial charge in [-0.1, -0.05) is 48.2 Å². The molecular formula is C19H14N4O3S. The van der Waals surface area contributed by atoms with E-state index in [1.54, 1.807) is 18.3 Å². The van der Waals surface area contributed by atoms with Crippen LogP contribution in [-0.2, 0) is 9.59 Å². The SMILES string of the molecule is N#Cc1ccc(-c2ccc(C=NN=C3NC(=O)C(CC(=O)O)S3)cc2)cc1. The lowest BCUT2D eigenvalue weighted by molar-refractivity contribution is -0.138. The fourth-order valence-corrected chi connectivity index (χ4v) is 3.31. The Bertz CT molecular complexity index is 960. The van der Waals surface area contributed by atoms with Gasteiger partial charge in [0, 0.05) is 0 Å². The Balaban J connectivity index is 1.63. The minimum atomic E-state index is -1.03. The molecule has 8 heteroatoms. The van der Waals surface area contributed by atoms with Gasteiger partial charge in [-0.15, -0.1) is 5.10 Å². The van der Waals surface area contributed by atoms with Gasteiger partial charge in [0.25, 0.3) is 0 Å². The third-order valence-electron chi connectivity index (χ3n) is 3.75. The van der Waals surface area contributed by atoms with Crippen molar-refractivity contribution in [2.45, 2.75) is 11.7 Å². The van der Waals surface area contributed by atoms with Crippen LogP contribution in [-0.4, -0.2) is 33.6 Å². The molecule has 1 fully saturated rings. The van der Waals surface area contributed by atoms with E-state index >= 15 is 0 Å². The number of carboxylic acid groups (broad SMARTS) is 1. The van der Waals surface area contributed by atoms with E-state index in [2.05, 4.69) is 21.6 Å². The molecule has 0 saturated carbocycles. The maximum absolute atomic E-state index is 11.6. The third kappa shape index (κ3) is 4.80. The monoisotopic (exact) mass is 378 g/mol. The summed E-state index contributed by atoms with van der Waals surface area (Å²) in [5.41, 5.74) is 3.46. The van der Waals surface area contributed by atoms with Crippen LogP contribution in [0, 0.1) is 11.3 Å². The number of thioether (sulfide) groups is 1. The Hall–Kier alpha value is -3.44. The topological polar surface area (TPSA) is 115 Å². The molecule has 3 rings (SSSR count). The van der Waals surface area contributed by atoms with Gasteiger partial charge in [-0.2, -0.15) is 10.4 Å². The molecule has 134 valence electrons. The van der Waals surface area contributed by atoms with Gasteiger partial charge >= 0.3 is 5.97 Å². The number of nitrogens with zero attached hydrogens (tertiary/aromatic N) is 3. The zero-order chi connectivity index (χ0) is 19.2. The number of benzene rings is 2. The zero-order valence-corrected chi connectivity index (χ0v) is 14.8. The molecule has 1 atom stereocenters. The number of amides is 1. The second-order valence-corrected chi connectivity index (χ2v) is 6.85. The van der Waals surface area contributed by atoms with Gasteiger partial charge in [0.05, 0.1) is 24.3 Å². The normalized spacial score (nSPS) is 17.8. The number of hydrogen-bond donors (Lipinski definition) is 2. The van der Waals surface area contributed by atoms with Gasteiger partial charge in [0.1, 0.15) is 5.25 Å². The highest BCUT2D eigenvalue weighted by atomic mass is 32.2. The first kappa shape index (κ1) is 18.4. The Morgan fingerprint density at radius 3 is 2.41 bits per heavy atom. The maximum Gasteiger partial charge on any atom is 0.305 e. The van der Waals surface area contributed by atoms with Crippen LogP contribution in [0.15, 0.2) is 58.7 Å². The molecule has 2 aromatic rings. The Kier molecular flexibility index (Phi) is 5.64. The average Bonchev–Trinajstić information content (AvgIpc) is 3.01. The van der Waals surface area contributed by atoms with Crippen molar-refractivity contribution in [3.05, 3.63) is 59.7 Å². The number of carbonyl (C=O) groups is 2. The molecule has 0 bridgehead atoms. The molecular weight excluding hydrogens is 364 g/mol. The number of carboxylic acids is 1. The molecule has 7 nitrogen and oxygen atoms in total. The first-order chi connectivity index (χ1) is 13.0. The lowest BCUT2D eigenvalue weighted by Gasteiger charge is -2.02. The zero-order valence-electron chi connectivity index (χ0n) is 14.0. The van der Waals surface area contributed by atoms with E-state index in [-0.39, 0.29) is 17.5 Å². The number of aliphatic carboxylic acids is 1. The summed E-state index contributed by atoms with van der Waals surface area (Å²) in [6.45, 7) is 0. The molecule has 0 spiro atoms. The highest BCUT2D eigenvalue weighted by Gasteiger charge is 2.32. The first-order valence-electron chi connectivity index (χ1n) is 7.96. The fraction of sp³-hybridized carbons (Fsp3) is 0.105. The first-order valence-corrected chi connectivity index (χ1v) is 8.84. The largest absolute Gasteiger partial charge is 0.481 e. The van der Waals surface area contributed by atoms with Crippen molar-refractivity contribution in [2.24, 2.45) is 10.2 Å². The van der Waals surface area contributed by atoms with Gasteiger partial charge in [0.15, 0.2) is 5.17 Å². The predicted molar refractivity (Wildman–Crippen MR) is 103 cm³/mol. The number of carbonyl (C=O) groups excluding carboxylic acids is 1. The summed E-state index contributed by atoms with van der Waals surface area (Å²) in [6, 6.07) is 17.0. The molecule has 0 aromatic heterocycles. The summed E-state index contributed by atoms with van der Waals surface area (Å²) in [6.07, 6.45) is 1.29. The van der Waals surface area contributed by atoms with E-state index in [0.717, 1.165) is 28.5 Å². The summed E-state index contributed by atoms with van der Waals surface area (Å²) in [4.78, 5) is 22.3. The Morgan fingerprint density at radius 1 is 1.19 bits per heavy atom. The minimum absolute atomic E-state index is 0.254. The van der Waals surface area contributed by atoms with Gasteiger partial charge in [-0.3, -0.25) is 9.59 Å². The number of nitriles is 1. The van der Waals surface area contributed by atoms with Crippen molar-refractivity contribution in [3.63, 3.8) is 0 Å². The quantitative estimate of drug-likeness (QED) is 0.613. The van der Waals surface area contributed by atoms with Crippen molar-refractivity contribution < 1.29 is 14.7 Å². The molecule has 1 amide bonds. The number of hydrogen-bond acceptors (Lipinski definition) is 6. The van der Waals surface area contributed by atoms with Crippen LogP contribution in [0.1, 0.15) is 17.5 Å². The minimum Gasteiger partial charge on any atom is -0.481 e. The van der Waals surface area contributed by atoms with Crippen LogP contribution in [0.25, 0.3) is 11.1 Å². The number of rotatable bonds is 5. The lowest BCUT2D eigenvalue weighted by atomic mass is 10.0. The van der Waals surface area contributed by atoms with Crippen molar-refractivity contribution in [1.82, 2.24) is 5.32 Å². The third-order valence-corrected chi connectivity index (χ3v) is 4.82. The van der Waals surface area contributed by atoms with E-state index in [0.29, 0.717) is 5.56 Å². The molecule has 0 radical (unpaired) electrons. The fourth-order valence-electron chi connectivity index (χ4n) is 2.39. The second-order valence-electron chi connectivity index (χ2n) is 5.65. The van der Waals surface area contributed by atoms with Crippen LogP contribution in [0.4, 0.5) is 0 Å². The molecule has 2 aromatic carbocycles. The van der Waals surface area contributed by atoms with E-state index in [9.17, 15) is 9.59 Å². The van der Waals surface area contributed by atoms with Crippen LogP contribution in [0.3, 0.4) is 0 Å². The summed E-state index contributed by atoms with van der Waals surface area (Å²) in [5, 5.41) is 27.6. The van der Waals surface area contributed by atoms with Crippen molar-refractivity contribution in [2.75, 3.05) is 0 Å². The van der Waals surface area contributed by atoms with Gasteiger partial charge in [-0.05, 0) is 28.8 Å². The lowest BCUT2D eigenvalue weighted by Crippen LogP contribution is -2.26.